The monoisotopic (exact) mass is 323 g/mol. The number of para-hydroxylation sites is 1. The Morgan fingerprint density at radius 3 is 2.74 bits per heavy atom. The number of benzene rings is 2. The Kier molecular flexibility index (Phi) is 4.13. The third-order valence-corrected chi connectivity index (χ3v) is 3.84. The van der Waals surface area contributed by atoms with Gasteiger partial charge in [0.05, 0.1) is 11.1 Å². The van der Waals surface area contributed by atoms with E-state index in [-0.39, 0.29) is 17.1 Å². The van der Waals surface area contributed by atoms with E-state index in [9.17, 15) is 9.90 Å². The van der Waals surface area contributed by atoms with Gasteiger partial charge in [-0.05, 0) is 48.9 Å². The molecule has 1 heterocycles. The van der Waals surface area contributed by atoms with Crippen LogP contribution in [0.5, 0.6) is 5.75 Å². The van der Waals surface area contributed by atoms with Crippen molar-refractivity contribution in [2.45, 2.75) is 6.92 Å². The number of aryl methyl sites for hydroxylation is 1. The standard InChI is InChI=1S/C19H14ClNO2/c1-12-6-7-13-11-14(19(20)21-16(13)10-12)8-9-18(23)15-4-2-3-5-17(15)22/h2-11,22H,1H3/b9-8+. The number of ketones is 1. The molecule has 0 radical (unpaired) electrons. The number of hydrogen-bond acceptors (Lipinski definition) is 3. The average Bonchev–Trinajstić information content (AvgIpc) is 2.53. The zero-order chi connectivity index (χ0) is 16.4. The maximum absolute atomic E-state index is 12.1. The van der Waals surface area contributed by atoms with E-state index in [2.05, 4.69) is 4.98 Å². The van der Waals surface area contributed by atoms with Crippen molar-refractivity contribution in [3.05, 3.63) is 76.5 Å². The molecule has 2 aromatic carbocycles. The molecule has 0 aliphatic rings. The van der Waals surface area contributed by atoms with Crippen molar-refractivity contribution in [2.75, 3.05) is 0 Å². The third-order valence-electron chi connectivity index (χ3n) is 3.54. The maximum Gasteiger partial charge on any atom is 0.189 e. The van der Waals surface area contributed by atoms with Crippen LogP contribution in [0.25, 0.3) is 17.0 Å². The van der Waals surface area contributed by atoms with Crippen molar-refractivity contribution in [3.8, 4) is 5.75 Å². The minimum atomic E-state index is -0.289. The molecule has 3 aromatic rings. The Morgan fingerprint density at radius 1 is 1.17 bits per heavy atom. The number of aromatic nitrogens is 1. The third kappa shape index (κ3) is 3.25. The largest absolute Gasteiger partial charge is 0.507 e. The number of hydrogen-bond donors (Lipinski definition) is 1. The number of allylic oxidation sites excluding steroid dienone is 1. The second-order valence-corrected chi connectivity index (χ2v) is 5.64. The van der Waals surface area contributed by atoms with Crippen LogP contribution in [-0.2, 0) is 0 Å². The number of phenols is 1. The molecule has 0 aliphatic carbocycles. The number of phenolic OH excluding ortho intramolecular Hbond substituents is 1. The average molecular weight is 324 g/mol. The summed E-state index contributed by atoms with van der Waals surface area (Å²) in [5, 5.41) is 11.0. The van der Waals surface area contributed by atoms with Crippen LogP contribution in [-0.4, -0.2) is 15.9 Å². The van der Waals surface area contributed by atoms with Gasteiger partial charge >= 0.3 is 0 Å². The van der Waals surface area contributed by atoms with E-state index in [1.54, 1.807) is 24.3 Å². The molecule has 0 unspecified atom stereocenters. The highest BCUT2D eigenvalue weighted by molar-refractivity contribution is 6.31. The van der Waals surface area contributed by atoms with Gasteiger partial charge in [-0.1, -0.05) is 35.9 Å². The van der Waals surface area contributed by atoms with Crippen LogP contribution in [0.2, 0.25) is 5.15 Å². The molecule has 0 fully saturated rings. The lowest BCUT2D eigenvalue weighted by molar-refractivity contribution is 0.104. The summed E-state index contributed by atoms with van der Waals surface area (Å²) in [7, 11) is 0. The molecule has 0 saturated heterocycles. The highest BCUT2D eigenvalue weighted by Gasteiger charge is 2.08. The van der Waals surface area contributed by atoms with Gasteiger partial charge < -0.3 is 5.11 Å². The van der Waals surface area contributed by atoms with Crippen molar-refractivity contribution in [1.82, 2.24) is 4.98 Å². The zero-order valence-electron chi connectivity index (χ0n) is 12.5. The molecular weight excluding hydrogens is 310 g/mol. The van der Waals surface area contributed by atoms with Crippen LogP contribution >= 0.6 is 11.6 Å². The molecule has 1 aromatic heterocycles. The molecule has 0 bridgehead atoms. The number of aromatic hydroxyl groups is 1. The number of fused-ring (bicyclic) bond motifs is 1. The summed E-state index contributed by atoms with van der Waals surface area (Å²) in [5.74, 6) is -0.330. The van der Waals surface area contributed by atoms with Crippen molar-refractivity contribution in [1.29, 1.82) is 0 Å². The Bertz CT molecular complexity index is 932. The smallest absolute Gasteiger partial charge is 0.189 e. The Labute approximate surface area is 138 Å². The van der Waals surface area contributed by atoms with Gasteiger partial charge in [0.1, 0.15) is 10.9 Å². The lowest BCUT2D eigenvalue weighted by Crippen LogP contribution is -1.94. The van der Waals surface area contributed by atoms with Crippen LogP contribution in [0.15, 0.2) is 54.6 Å². The lowest BCUT2D eigenvalue weighted by Gasteiger charge is -2.03. The van der Waals surface area contributed by atoms with Crippen LogP contribution in [0, 0.1) is 6.92 Å². The van der Waals surface area contributed by atoms with Crippen LogP contribution in [0.1, 0.15) is 21.5 Å². The van der Waals surface area contributed by atoms with Gasteiger partial charge in [-0.25, -0.2) is 4.98 Å². The highest BCUT2D eigenvalue weighted by atomic mass is 35.5. The number of carbonyl (C=O) groups excluding carboxylic acids is 1. The number of carbonyl (C=O) groups is 1. The van der Waals surface area contributed by atoms with Gasteiger partial charge in [-0.2, -0.15) is 0 Å². The van der Waals surface area contributed by atoms with E-state index in [4.69, 9.17) is 11.6 Å². The van der Waals surface area contributed by atoms with Crippen molar-refractivity contribution in [3.63, 3.8) is 0 Å². The van der Waals surface area contributed by atoms with Crippen LogP contribution < -0.4 is 0 Å². The summed E-state index contributed by atoms with van der Waals surface area (Å²) in [4.78, 5) is 16.5. The van der Waals surface area contributed by atoms with Crippen LogP contribution in [0.4, 0.5) is 0 Å². The zero-order valence-corrected chi connectivity index (χ0v) is 13.2. The van der Waals surface area contributed by atoms with E-state index in [0.29, 0.717) is 10.7 Å². The Morgan fingerprint density at radius 2 is 1.96 bits per heavy atom. The molecule has 3 rings (SSSR count). The fourth-order valence-electron chi connectivity index (χ4n) is 2.32. The van der Waals surface area contributed by atoms with E-state index in [1.807, 2.05) is 31.2 Å². The van der Waals surface area contributed by atoms with E-state index < -0.39 is 0 Å². The van der Waals surface area contributed by atoms with Gasteiger partial charge in [0.15, 0.2) is 5.78 Å². The minimum Gasteiger partial charge on any atom is -0.507 e. The molecule has 4 heteroatoms. The molecule has 114 valence electrons. The molecule has 0 aliphatic heterocycles. The molecule has 0 saturated carbocycles. The fraction of sp³-hybridized carbons (Fsp3) is 0.0526. The molecule has 0 atom stereocenters. The summed E-state index contributed by atoms with van der Waals surface area (Å²) in [6.45, 7) is 1.99. The summed E-state index contributed by atoms with van der Waals surface area (Å²) < 4.78 is 0. The Balaban J connectivity index is 1.95. The lowest BCUT2D eigenvalue weighted by atomic mass is 10.1. The van der Waals surface area contributed by atoms with Gasteiger partial charge in [0.25, 0.3) is 0 Å². The van der Waals surface area contributed by atoms with Crippen molar-refractivity contribution >= 4 is 34.4 Å². The van der Waals surface area contributed by atoms with E-state index >= 15 is 0 Å². The van der Waals surface area contributed by atoms with Gasteiger partial charge in [-0.15, -0.1) is 0 Å². The maximum atomic E-state index is 12.1. The fourth-order valence-corrected chi connectivity index (χ4v) is 2.53. The van der Waals surface area contributed by atoms with Crippen molar-refractivity contribution < 1.29 is 9.90 Å². The van der Waals surface area contributed by atoms with E-state index in [1.165, 1.54) is 12.1 Å². The molecule has 0 amide bonds. The SMILES string of the molecule is Cc1ccc2cc(/C=C/C(=O)c3ccccc3O)c(Cl)nc2c1. The predicted octanol–water partition coefficient (Wildman–Crippen LogP) is 4.80. The van der Waals surface area contributed by atoms with Crippen LogP contribution in [0.3, 0.4) is 0 Å². The number of pyridine rings is 1. The second-order valence-electron chi connectivity index (χ2n) is 5.28. The minimum absolute atomic E-state index is 0.0413. The molecule has 23 heavy (non-hydrogen) atoms. The first kappa shape index (κ1) is 15.3. The first-order chi connectivity index (χ1) is 11.0. The van der Waals surface area contributed by atoms with Crippen molar-refractivity contribution in [2.24, 2.45) is 0 Å². The number of rotatable bonds is 3. The summed E-state index contributed by atoms with van der Waals surface area (Å²) in [6, 6.07) is 14.2. The summed E-state index contributed by atoms with van der Waals surface area (Å²) in [5.41, 5.74) is 2.84. The first-order valence-electron chi connectivity index (χ1n) is 7.12. The second kappa shape index (κ2) is 6.23. The number of nitrogens with zero attached hydrogens (tertiary/aromatic N) is 1. The quantitative estimate of drug-likeness (QED) is 0.428. The molecular formula is C19H14ClNO2. The topological polar surface area (TPSA) is 50.2 Å². The van der Waals surface area contributed by atoms with Gasteiger partial charge in [0.2, 0.25) is 0 Å². The molecule has 3 nitrogen and oxygen atoms in total. The van der Waals surface area contributed by atoms with E-state index in [0.717, 1.165) is 16.5 Å². The Hall–Kier alpha value is -2.65. The highest BCUT2D eigenvalue weighted by Crippen LogP contribution is 2.23. The van der Waals surface area contributed by atoms with Gasteiger partial charge in [0, 0.05) is 10.9 Å². The summed E-state index contributed by atoms with van der Waals surface area (Å²) >= 11 is 6.19. The predicted molar refractivity (Wildman–Crippen MR) is 93.0 cm³/mol. The first-order valence-corrected chi connectivity index (χ1v) is 7.50. The number of halogens is 1. The molecule has 1 N–H and O–H groups in total. The normalized spacial score (nSPS) is 11.2. The molecule has 0 spiro atoms. The summed E-state index contributed by atoms with van der Waals surface area (Å²) in [6.07, 6.45) is 3.00. The van der Waals surface area contributed by atoms with Gasteiger partial charge in [-0.3, -0.25) is 4.79 Å².